The summed E-state index contributed by atoms with van der Waals surface area (Å²) in [4.78, 5) is 5.11. The molecule has 3 rings (SSSR count). The van der Waals surface area contributed by atoms with Crippen molar-refractivity contribution in [2.24, 2.45) is 5.16 Å². The van der Waals surface area contributed by atoms with E-state index in [0.717, 1.165) is 23.8 Å². The summed E-state index contributed by atoms with van der Waals surface area (Å²) < 4.78 is 34.0. The summed E-state index contributed by atoms with van der Waals surface area (Å²) in [6.45, 7) is 5.73. The molecule has 7 heteroatoms. The van der Waals surface area contributed by atoms with Gasteiger partial charge in [0.15, 0.2) is 0 Å². The van der Waals surface area contributed by atoms with Gasteiger partial charge in [0.2, 0.25) is 0 Å². The van der Waals surface area contributed by atoms with Gasteiger partial charge < -0.3 is 0 Å². The van der Waals surface area contributed by atoms with Crippen LogP contribution in [0.25, 0.3) is 0 Å². The van der Waals surface area contributed by atoms with E-state index >= 15 is 0 Å². The quantitative estimate of drug-likeness (QED) is 0.226. The van der Waals surface area contributed by atoms with Crippen molar-refractivity contribution in [3.8, 4) is 0 Å². The van der Waals surface area contributed by atoms with Crippen molar-refractivity contribution in [1.82, 2.24) is 0 Å². The molecule has 3 aromatic rings. The van der Waals surface area contributed by atoms with Crippen LogP contribution in [0.15, 0.2) is 82.8 Å². The molecule has 0 saturated carbocycles. The van der Waals surface area contributed by atoms with E-state index in [1.807, 2.05) is 69.3 Å². The summed E-state index contributed by atoms with van der Waals surface area (Å²) in [5, 5.41) is 4.06. The summed E-state index contributed by atoms with van der Waals surface area (Å²) in [7, 11) is -2.45. The average molecular weight is 537 g/mol. The van der Waals surface area contributed by atoms with Crippen LogP contribution in [0.2, 0.25) is 0 Å². The molecule has 0 unspecified atom stereocenters. The third-order valence-electron chi connectivity index (χ3n) is 4.31. The number of aryl methyl sites for hydroxylation is 2. The second kappa shape index (κ2) is 9.72. The molecule has 0 saturated heterocycles. The Morgan fingerprint density at radius 1 is 0.900 bits per heavy atom. The van der Waals surface area contributed by atoms with Gasteiger partial charge in [-0.2, -0.15) is 0 Å². The average Bonchev–Trinajstić information content (AvgIpc) is 2.73. The molecule has 158 valence electrons. The van der Waals surface area contributed by atoms with Crippen LogP contribution in [-0.4, -0.2) is 21.2 Å². The third kappa shape index (κ3) is 5.27. The molecule has 0 heterocycles. The van der Waals surface area contributed by atoms with E-state index in [-0.39, 0.29) is 4.90 Å². The molecule has 0 fully saturated rings. The molecule has 0 aliphatic rings. The number of benzene rings is 3. The zero-order chi connectivity index (χ0) is 21.7. The van der Waals surface area contributed by atoms with Gasteiger partial charge in [0.05, 0.1) is 0 Å². The Kier molecular flexibility index (Phi) is 7.27. The Labute approximate surface area is 185 Å². The molecule has 3 aromatic carbocycles. The fourth-order valence-corrected chi connectivity index (χ4v) is 10.5. The topological polar surface area (TPSA) is 65.0 Å². The van der Waals surface area contributed by atoms with Gasteiger partial charge in [-0.3, -0.25) is 0 Å². The molecule has 0 radical (unpaired) electrons. The van der Waals surface area contributed by atoms with Gasteiger partial charge in [-0.1, -0.05) is 0 Å². The van der Waals surface area contributed by atoms with Crippen LogP contribution in [0.1, 0.15) is 23.6 Å². The predicted octanol–water partition coefficient (Wildman–Crippen LogP) is 5.54. The zero-order valence-electron chi connectivity index (χ0n) is 17.3. The van der Waals surface area contributed by atoms with E-state index in [1.54, 1.807) is 24.3 Å². The number of halogens is 1. The third-order valence-corrected chi connectivity index (χ3v) is 11.8. The maximum absolute atomic E-state index is 13.2. The molecule has 30 heavy (non-hydrogen) atoms. The first-order chi connectivity index (χ1) is 14.3. The van der Waals surface area contributed by atoms with Crippen molar-refractivity contribution < 1.29 is 15.8 Å². The van der Waals surface area contributed by atoms with E-state index < -0.39 is 30.4 Å². The Morgan fingerprint density at radius 3 is 2.17 bits per heavy atom. The molecule has 0 aliphatic carbocycles. The maximum atomic E-state index is 13.2. The molecular formula is C23H24INO4S. The molecule has 0 aliphatic heterocycles. The monoisotopic (exact) mass is 537 g/mol. The first kappa shape index (κ1) is 22.5. The van der Waals surface area contributed by atoms with E-state index in [9.17, 15) is 8.42 Å². The van der Waals surface area contributed by atoms with E-state index in [0.29, 0.717) is 5.71 Å². The van der Waals surface area contributed by atoms with Crippen molar-refractivity contribution in [1.29, 1.82) is 0 Å². The second-order valence-electron chi connectivity index (χ2n) is 6.72. The SMILES string of the molecule is CO/N=C(/C)c1ccc(C)cc1I(OS(=O)(=O)c1ccc(C)cc1)c1ccccc1. The van der Waals surface area contributed by atoms with E-state index in [4.69, 9.17) is 7.35 Å². The fourth-order valence-electron chi connectivity index (χ4n) is 2.78. The summed E-state index contributed by atoms with van der Waals surface area (Å²) in [5.74, 6) is 0. The van der Waals surface area contributed by atoms with Crippen molar-refractivity contribution in [2.45, 2.75) is 25.7 Å². The van der Waals surface area contributed by atoms with Gasteiger partial charge >= 0.3 is 186 Å². The van der Waals surface area contributed by atoms with Gasteiger partial charge in [0, 0.05) is 0 Å². The molecule has 0 atom stereocenters. The number of hydrogen-bond donors (Lipinski definition) is 0. The standard InChI is InChI=1S/C23H24INO4S/c1-17-10-13-21(14-11-17)30(26,27)29-24(20-8-6-5-7-9-20)23-16-18(2)12-15-22(23)19(3)25-28-4/h5-16H,1-4H3/b25-19-. The van der Waals surface area contributed by atoms with Crippen molar-refractivity contribution in [3.63, 3.8) is 0 Å². The van der Waals surface area contributed by atoms with Crippen LogP contribution in [0.5, 0.6) is 0 Å². The molecule has 0 spiro atoms. The van der Waals surface area contributed by atoms with Crippen LogP contribution < -0.4 is 0 Å². The first-order valence-electron chi connectivity index (χ1n) is 9.27. The van der Waals surface area contributed by atoms with E-state index in [1.165, 1.54) is 7.11 Å². The van der Waals surface area contributed by atoms with Crippen LogP contribution in [0, 0.1) is 21.0 Å². The first-order valence-corrected chi connectivity index (χ1v) is 13.7. The summed E-state index contributed by atoms with van der Waals surface area (Å²) >= 11 is -2.86. The summed E-state index contributed by atoms with van der Waals surface area (Å²) in [6, 6.07) is 22.1. The molecular weight excluding hydrogens is 513 g/mol. The normalized spacial score (nSPS) is 12.5. The molecule has 5 nitrogen and oxygen atoms in total. The van der Waals surface area contributed by atoms with Crippen molar-refractivity contribution in [3.05, 3.63) is 96.6 Å². The van der Waals surface area contributed by atoms with Crippen molar-refractivity contribution in [2.75, 3.05) is 7.11 Å². The Bertz CT molecular complexity index is 1140. The molecule has 0 N–H and O–H groups in total. The second-order valence-corrected chi connectivity index (χ2v) is 13.1. The van der Waals surface area contributed by atoms with Crippen molar-refractivity contribution >= 4 is 36.1 Å². The van der Waals surface area contributed by atoms with Crippen LogP contribution in [-0.2, 0) is 17.5 Å². The molecule has 0 amide bonds. The fraction of sp³-hybridized carbons (Fsp3) is 0.174. The van der Waals surface area contributed by atoms with Crippen LogP contribution >= 0.6 is 20.2 Å². The summed E-state index contributed by atoms with van der Waals surface area (Å²) in [5.41, 5.74) is 3.51. The van der Waals surface area contributed by atoms with Gasteiger partial charge in [0.1, 0.15) is 0 Å². The van der Waals surface area contributed by atoms with E-state index in [2.05, 4.69) is 5.16 Å². The molecule has 0 bridgehead atoms. The minimum absolute atomic E-state index is 0.155. The van der Waals surface area contributed by atoms with Gasteiger partial charge in [-0.25, -0.2) is 0 Å². The van der Waals surface area contributed by atoms with Gasteiger partial charge in [-0.05, 0) is 0 Å². The van der Waals surface area contributed by atoms with Crippen LogP contribution in [0.4, 0.5) is 0 Å². The van der Waals surface area contributed by atoms with Crippen LogP contribution in [0.3, 0.4) is 0 Å². The number of hydrogen-bond acceptors (Lipinski definition) is 5. The number of nitrogens with zero attached hydrogens (tertiary/aromatic N) is 1. The van der Waals surface area contributed by atoms with Gasteiger partial charge in [0.25, 0.3) is 0 Å². The minimum atomic E-state index is -3.94. The Balaban J connectivity index is 2.15. The number of rotatable bonds is 7. The Morgan fingerprint density at radius 2 is 1.53 bits per heavy atom. The predicted molar refractivity (Wildman–Crippen MR) is 128 cm³/mol. The summed E-state index contributed by atoms with van der Waals surface area (Å²) in [6.07, 6.45) is 0. The zero-order valence-corrected chi connectivity index (χ0v) is 20.3. The number of oxime groups is 1. The Hall–Kier alpha value is -2.23. The van der Waals surface area contributed by atoms with Gasteiger partial charge in [-0.15, -0.1) is 0 Å². The molecule has 0 aromatic heterocycles.